The number of hydrogen-bond acceptors (Lipinski definition) is 4. The molecule has 2 fully saturated rings. The summed E-state index contributed by atoms with van der Waals surface area (Å²) in [7, 11) is 0. The molecule has 1 saturated heterocycles. The van der Waals surface area contributed by atoms with Crippen molar-refractivity contribution in [2.45, 2.75) is 0 Å². The Labute approximate surface area is 209 Å². The molecule has 35 heavy (non-hydrogen) atoms. The molecule has 0 N–H and O–H groups in total. The van der Waals surface area contributed by atoms with Crippen molar-refractivity contribution in [1.29, 1.82) is 0 Å². The summed E-state index contributed by atoms with van der Waals surface area (Å²) < 4.78 is 0.346. The molecule has 7 heteroatoms. The number of nitro groups is 1. The molecule has 172 valence electrons. The van der Waals surface area contributed by atoms with E-state index in [0.29, 0.717) is 10.2 Å². The van der Waals surface area contributed by atoms with Crippen molar-refractivity contribution >= 4 is 44.7 Å². The number of nitro benzene ring substituents is 1. The molecule has 2 aliphatic carbocycles. The van der Waals surface area contributed by atoms with E-state index in [1.807, 2.05) is 36.4 Å². The standard InChI is InChI=1S/C28H19BrN2O4/c29-21-15-18(31(34)35)11-14-22(21)30-27(32)25-19-12-13-20(26(25)28(30)33)24(19)23(16-7-3-1-4-8-16)17-9-5-2-6-10-17/h1-15,19-20,25-26H/t19-,20-,25-,26-/m1/s1. The van der Waals surface area contributed by atoms with Gasteiger partial charge >= 0.3 is 0 Å². The Kier molecular flexibility index (Phi) is 5.04. The van der Waals surface area contributed by atoms with Crippen LogP contribution in [0.1, 0.15) is 11.1 Å². The van der Waals surface area contributed by atoms with Gasteiger partial charge in [-0.25, -0.2) is 4.90 Å². The van der Waals surface area contributed by atoms with Gasteiger partial charge in [0.25, 0.3) is 5.69 Å². The SMILES string of the molecule is O=C1[C@H]2[C@H](C(=O)N1c1ccc([N+](=O)[O-])cc1Br)[C@@H]1C=C[C@@H]2C1=C(c1ccccc1)c1ccccc1. The first-order valence-electron chi connectivity index (χ1n) is 11.3. The lowest BCUT2D eigenvalue weighted by Crippen LogP contribution is -2.33. The minimum Gasteiger partial charge on any atom is -0.274 e. The van der Waals surface area contributed by atoms with Crippen LogP contribution in [0.3, 0.4) is 0 Å². The van der Waals surface area contributed by atoms with E-state index in [9.17, 15) is 19.7 Å². The van der Waals surface area contributed by atoms with Gasteiger partial charge in [-0.1, -0.05) is 72.8 Å². The van der Waals surface area contributed by atoms with E-state index in [1.165, 1.54) is 23.1 Å². The summed E-state index contributed by atoms with van der Waals surface area (Å²) in [6.45, 7) is 0. The lowest BCUT2D eigenvalue weighted by atomic mass is 9.85. The smallest absolute Gasteiger partial charge is 0.270 e. The number of fused-ring (bicyclic) bond motifs is 5. The molecule has 0 aromatic heterocycles. The van der Waals surface area contributed by atoms with E-state index in [2.05, 4.69) is 52.3 Å². The summed E-state index contributed by atoms with van der Waals surface area (Å²) in [6, 6.07) is 24.3. The van der Waals surface area contributed by atoms with Gasteiger partial charge in [-0.3, -0.25) is 19.7 Å². The van der Waals surface area contributed by atoms with Crippen LogP contribution in [0.4, 0.5) is 11.4 Å². The molecule has 6 nitrogen and oxygen atoms in total. The third kappa shape index (κ3) is 3.22. The molecule has 1 heterocycles. The molecular formula is C28H19BrN2O4. The average molecular weight is 527 g/mol. The highest BCUT2D eigenvalue weighted by Crippen LogP contribution is 2.59. The van der Waals surface area contributed by atoms with Crippen molar-refractivity contribution in [2.24, 2.45) is 23.7 Å². The van der Waals surface area contributed by atoms with Gasteiger partial charge in [0.15, 0.2) is 0 Å². The Bertz CT molecular complexity index is 1370. The Hall–Kier alpha value is -3.84. The molecule has 1 aliphatic heterocycles. The summed E-state index contributed by atoms with van der Waals surface area (Å²) in [5.74, 6) is -1.86. The summed E-state index contributed by atoms with van der Waals surface area (Å²) in [5.41, 5.74) is 4.54. The van der Waals surface area contributed by atoms with Crippen molar-refractivity contribution in [2.75, 3.05) is 4.90 Å². The van der Waals surface area contributed by atoms with Crippen LogP contribution in [0, 0.1) is 33.8 Å². The van der Waals surface area contributed by atoms with Gasteiger partial charge in [0.2, 0.25) is 11.8 Å². The fraction of sp³-hybridized carbons (Fsp3) is 0.143. The highest BCUT2D eigenvalue weighted by atomic mass is 79.9. The van der Waals surface area contributed by atoms with Crippen molar-refractivity contribution in [3.05, 3.63) is 122 Å². The molecule has 2 amide bonds. The zero-order chi connectivity index (χ0) is 24.3. The number of amides is 2. The maximum atomic E-state index is 13.7. The number of imide groups is 1. The first-order valence-corrected chi connectivity index (χ1v) is 12.1. The van der Waals surface area contributed by atoms with Crippen molar-refractivity contribution in [3.63, 3.8) is 0 Å². The van der Waals surface area contributed by atoms with E-state index in [4.69, 9.17) is 0 Å². The average Bonchev–Trinajstić information content (AvgIpc) is 3.50. The number of halogens is 1. The number of non-ortho nitro benzene ring substituents is 1. The molecule has 1 saturated carbocycles. The van der Waals surface area contributed by atoms with Gasteiger partial charge < -0.3 is 0 Å². The second kappa shape index (κ2) is 8.13. The normalized spacial score (nSPS) is 24.3. The first kappa shape index (κ1) is 21.7. The molecule has 3 aromatic rings. The molecule has 0 spiro atoms. The monoisotopic (exact) mass is 526 g/mol. The highest BCUT2D eigenvalue weighted by molar-refractivity contribution is 9.10. The number of benzene rings is 3. The Balaban J connectivity index is 1.46. The summed E-state index contributed by atoms with van der Waals surface area (Å²) in [6.07, 6.45) is 4.12. The van der Waals surface area contributed by atoms with Crippen LogP contribution in [-0.4, -0.2) is 16.7 Å². The summed E-state index contributed by atoms with van der Waals surface area (Å²) in [5, 5.41) is 11.1. The second-order valence-electron chi connectivity index (χ2n) is 8.96. The maximum Gasteiger partial charge on any atom is 0.270 e. The molecule has 0 radical (unpaired) electrons. The molecule has 2 bridgehead atoms. The highest BCUT2D eigenvalue weighted by Gasteiger charge is 2.62. The van der Waals surface area contributed by atoms with E-state index >= 15 is 0 Å². The van der Waals surface area contributed by atoms with Gasteiger partial charge in [0.05, 0.1) is 22.4 Å². The van der Waals surface area contributed by atoms with E-state index in [-0.39, 0.29) is 29.3 Å². The number of hydrogen-bond donors (Lipinski definition) is 0. The molecule has 4 atom stereocenters. The largest absolute Gasteiger partial charge is 0.274 e. The second-order valence-corrected chi connectivity index (χ2v) is 9.81. The van der Waals surface area contributed by atoms with Crippen LogP contribution in [-0.2, 0) is 9.59 Å². The van der Waals surface area contributed by atoms with Gasteiger partial charge in [0, 0.05) is 28.4 Å². The summed E-state index contributed by atoms with van der Waals surface area (Å²) >= 11 is 3.33. The zero-order valence-electron chi connectivity index (χ0n) is 18.4. The molecule has 3 aliphatic rings. The van der Waals surface area contributed by atoms with Crippen LogP contribution in [0.15, 0.2) is 101 Å². The topological polar surface area (TPSA) is 80.5 Å². The molecule has 6 rings (SSSR count). The fourth-order valence-corrected chi connectivity index (χ4v) is 6.38. The molecular weight excluding hydrogens is 508 g/mol. The lowest BCUT2D eigenvalue weighted by Gasteiger charge is -2.22. The Morgan fingerprint density at radius 3 is 1.77 bits per heavy atom. The lowest BCUT2D eigenvalue weighted by molar-refractivity contribution is -0.384. The minimum atomic E-state index is -0.507. The Morgan fingerprint density at radius 1 is 0.800 bits per heavy atom. The minimum absolute atomic E-state index is 0.109. The Morgan fingerprint density at radius 2 is 1.31 bits per heavy atom. The van der Waals surface area contributed by atoms with E-state index in [1.54, 1.807) is 0 Å². The van der Waals surface area contributed by atoms with Gasteiger partial charge in [-0.15, -0.1) is 0 Å². The van der Waals surface area contributed by atoms with Crippen LogP contribution >= 0.6 is 15.9 Å². The predicted octanol–water partition coefficient (Wildman–Crippen LogP) is 5.78. The van der Waals surface area contributed by atoms with Gasteiger partial charge in [-0.2, -0.15) is 0 Å². The number of allylic oxidation sites excluding steroid dienone is 3. The van der Waals surface area contributed by atoms with E-state index in [0.717, 1.165) is 22.3 Å². The molecule has 0 unspecified atom stereocenters. The zero-order valence-corrected chi connectivity index (χ0v) is 20.0. The predicted molar refractivity (Wildman–Crippen MR) is 135 cm³/mol. The van der Waals surface area contributed by atoms with Crippen LogP contribution < -0.4 is 4.90 Å². The van der Waals surface area contributed by atoms with Crippen molar-refractivity contribution in [1.82, 2.24) is 0 Å². The van der Waals surface area contributed by atoms with E-state index < -0.39 is 16.8 Å². The van der Waals surface area contributed by atoms with Crippen LogP contribution in [0.2, 0.25) is 0 Å². The maximum absolute atomic E-state index is 13.7. The number of anilines is 1. The summed E-state index contributed by atoms with van der Waals surface area (Å²) in [4.78, 5) is 39.2. The van der Waals surface area contributed by atoms with Crippen molar-refractivity contribution < 1.29 is 14.5 Å². The number of carbonyl (C=O) groups is 2. The van der Waals surface area contributed by atoms with Crippen molar-refractivity contribution in [3.8, 4) is 0 Å². The van der Waals surface area contributed by atoms with Crippen LogP contribution in [0.5, 0.6) is 0 Å². The number of carbonyl (C=O) groups excluding carboxylic acids is 2. The third-order valence-corrected chi connectivity index (χ3v) is 7.85. The van der Waals surface area contributed by atoms with Gasteiger partial charge in [0.1, 0.15) is 0 Å². The fourth-order valence-electron chi connectivity index (χ4n) is 5.83. The third-order valence-electron chi connectivity index (χ3n) is 7.21. The number of rotatable bonds is 4. The number of nitrogens with zero attached hydrogens (tertiary/aromatic N) is 2. The van der Waals surface area contributed by atoms with Crippen LogP contribution in [0.25, 0.3) is 5.57 Å². The molecule has 3 aromatic carbocycles. The quantitative estimate of drug-likeness (QED) is 0.187. The van der Waals surface area contributed by atoms with Gasteiger partial charge in [-0.05, 0) is 44.3 Å². The first-order chi connectivity index (χ1) is 17.0.